The predicted octanol–water partition coefficient (Wildman–Crippen LogP) is 2.73. The van der Waals surface area contributed by atoms with E-state index in [1.165, 1.54) is 18.2 Å². The number of thiophene rings is 1. The number of benzene rings is 1. The number of hydrogen-bond acceptors (Lipinski definition) is 5. The molecular weight excluding hydrogens is 274 g/mol. The van der Waals surface area contributed by atoms with Crippen LogP contribution in [0, 0.1) is 10.1 Å². The minimum absolute atomic E-state index is 0.0668. The molecule has 1 heterocycles. The van der Waals surface area contributed by atoms with Crippen LogP contribution < -0.4 is 0 Å². The average molecular weight is 283 g/mol. The van der Waals surface area contributed by atoms with E-state index in [0.29, 0.717) is 5.56 Å². The quantitative estimate of drug-likeness (QED) is 0.641. The first-order chi connectivity index (χ1) is 8.38. The highest BCUT2D eigenvalue weighted by Crippen LogP contribution is 2.30. The fraction of sp³-hybridized carbons (Fsp3) is 0.0909. The Hall–Kier alpha value is -1.73. The summed E-state index contributed by atoms with van der Waals surface area (Å²) in [7, 11) is -3.22. The maximum atomic E-state index is 11.3. The van der Waals surface area contributed by atoms with Crippen molar-refractivity contribution in [2.75, 3.05) is 6.26 Å². The van der Waals surface area contributed by atoms with Gasteiger partial charge in [0.15, 0.2) is 9.84 Å². The number of rotatable bonds is 3. The molecule has 0 bridgehead atoms. The largest absolute Gasteiger partial charge is 0.324 e. The standard InChI is InChI=1S/C11H9NO4S2/c1-18(15,16)10-4-2-8(3-5-10)9-6-11(12(13)14)17-7-9/h2-7H,1H3. The molecule has 5 nitrogen and oxygen atoms in total. The highest BCUT2D eigenvalue weighted by Gasteiger charge is 2.12. The molecule has 18 heavy (non-hydrogen) atoms. The first kappa shape index (κ1) is 12.7. The van der Waals surface area contributed by atoms with E-state index in [9.17, 15) is 18.5 Å². The molecule has 1 aromatic heterocycles. The minimum atomic E-state index is -3.22. The lowest BCUT2D eigenvalue weighted by Crippen LogP contribution is -1.95. The Morgan fingerprint density at radius 1 is 1.17 bits per heavy atom. The van der Waals surface area contributed by atoms with Gasteiger partial charge in [-0.3, -0.25) is 10.1 Å². The molecule has 2 aromatic rings. The zero-order valence-electron chi connectivity index (χ0n) is 9.36. The lowest BCUT2D eigenvalue weighted by Gasteiger charge is -2.00. The summed E-state index contributed by atoms with van der Waals surface area (Å²) in [6.07, 6.45) is 1.14. The van der Waals surface area contributed by atoms with Crippen molar-refractivity contribution >= 4 is 26.2 Å². The summed E-state index contributed by atoms with van der Waals surface area (Å²) in [5, 5.41) is 12.3. The van der Waals surface area contributed by atoms with Crippen molar-refractivity contribution in [3.05, 3.63) is 45.8 Å². The van der Waals surface area contributed by atoms with Crippen LogP contribution in [0.2, 0.25) is 0 Å². The van der Waals surface area contributed by atoms with Gasteiger partial charge in [0.2, 0.25) is 0 Å². The fourth-order valence-corrected chi connectivity index (χ4v) is 2.83. The van der Waals surface area contributed by atoms with Crippen molar-refractivity contribution in [1.82, 2.24) is 0 Å². The maximum Gasteiger partial charge on any atom is 0.324 e. The van der Waals surface area contributed by atoms with Crippen LogP contribution >= 0.6 is 11.3 Å². The van der Waals surface area contributed by atoms with Gasteiger partial charge in [0.05, 0.1) is 9.82 Å². The van der Waals surface area contributed by atoms with Gasteiger partial charge in [0.1, 0.15) is 0 Å². The third kappa shape index (κ3) is 2.57. The Kier molecular flexibility index (Phi) is 3.18. The van der Waals surface area contributed by atoms with Gasteiger partial charge < -0.3 is 0 Å². The van der Waals surface area contributed by atoms with Crippen molar-refractivity contribution in [3.8, 4) is 11.1 Å². The van der Waals surface area contributed by atoms with Crippen molar-refractivity contribution in [2.24, 2.45) is 0 Å². The van der Waals surface area contributed by atoms with Gasteiger partial charge in [-0.05, 0) is 23.3 Å². The molecule has 1 aromatic carbocycles. The molecule has 0 unspecified atom stereocenters. The van der Waals surface area contributed by atoms with Gasteiger partial charge in [-0.15, -0.1) is 0 Å². The molecule has 94 valence electrons. The van der Waals surface area contributed by atoms with Crippen LogP contribution in [-0.4, -0.2) is 19.6 Å². The Balaban J connectivity index is 2.37. The van der Waals surface area contributed by atoms with Crippen LogP contribution in [0.25, 0.3) is 11.1 Å². The molecule has 0 saturated carbocycles. The van der Waals surface area contributed by atoms with Gasteiger partial charge in [-0.2, -0.15) is 0 Å². The molecule has 0 radical (unpaired) electrons. The predicted molar refractivity (Wildman–Crippen MR) is 69.5 cm³/mol. The van der Waals surface area contributed by atoms with E-state index in [2.05, 4.69) is 0 Å². The SMILES string of the molecule is CS(=O)(=O)c1ccc(-c2csc([N+](=O)[O-])c2)cc1. The van der Waals surface area contributed by atoms with Gasteiger partial charge >= 0.3 is 5.00 Å². The second-order valence-electron chi connectivity index (χ2n) is 3.73. The lowest BCUT2D eigenvalue weighted by molar-refractivity contribution is -0.380. The van der Waals surface area contributed by atoms with Crippen LogP contribution in [0.5, 0.6) is 0 Å². The molecule has 0 aliphatic carbocycles. The second kappa shape index (κ2) is 4.51. The van der Waals surface area contributed by atoms with Gasteiger partial charge in [-0.25, -0.2) is 8.42 Å². The fourth-order valence-electron chi connectivity index (χ4n) is 1.47. The highest BCUT2D eigenvalue weighted by atomic mass is 32.2. The maximum absolute atomic E-state index is 11.3. The molecule has 0 atom stereocenters. The summed E-state index contributed by atoms with van der Waals surface area (Å²) in [5.74, 6) is 0. The first-order valence-corrected chi connectivity index (χ1v) is 7.68. The van der Waals surface area contributed by atoms with Crippen LogP contribution in [0.15, 0.2) is 40.6 Å². The molecule has 7 heteroatoms. The van der Waals surface area contributed by atoms with Gasteiger partial charge in [-0.1, -0.05) is 23.5 Å². The van der Waals surface area contributed by atoms with Crippen LogP contribution in [0.3, 0.4) is 0 Å². The van der Waals surface area contributed by atoms with E-state index in [4.69, 9.17) is 0 Å². The third-order valence-corrected chi connectivity index (χ3v) is 4.39. The smallest absolute Gasteiger partial charge is 0.258 e. The molecule has 0 N–H and O–H groups in total. The number of nitrogens with zero attached hydrogens (tertiary/aromatic N) is 1. The van der Waals surface area contributed by atoms with E-state index in [0.717, 1.165) is 23.2 Å². The minimum Gasteiger partial charge on any atom is -0.258 e. The van der Waals surface area contributed by atoms with Gasteiger partial charge in [0, 0.05) is 17.7 Å². The second-order valence-corrected chi connectivity index (χ2v) is 6.63. The van der Waals surface area contributed by atoms with Crippen LogP contribution in [0.4, 0.5) is 5.00 Å². The molecule has 0 fully saturated rings. The van der Waals surface area contributed by atoms with E-state index in [-0.39, 0.29) is 9.90 Å². The number of hydrogen-bond donors (Lipinski definition) is 0. The molecule has 0 spiro atoms. The average Bonchev–Trinajstić information content (AvgIpc) is 2.77. The molecule has 0 saturated heterocycles. The summed E-state index contributed by atoms with van der Waals surface area (Å²) in [5.41, 5.74) is 1.47. The lowest BCUT2D eigenvalue weighted by atomic mass is 10.1. The topological polar surface area (TPSA) is 77.3 Å². The monoisotopic (exact) mass is 283 g/mol. The molecule has 2 rings (SSSR count). The highest BCUT2D eigenvalue weighted by molar-refractivity contribution is 7.90. The van der Waals surface area contributed by atoms with Crippen LogP contribution in [0.1, 0.15) is 0 Å². The number of nitro groups is 1. The van der Waals surface area contributed by atoms with E-state index >= 15 is 0 Å². The summed E-state index contributed by atoms with van der Waals surface area (Å²) in [4.78, 5) is 10.4. The van der Waals surface area contributed by atoms with Crippen molar-refractivity contribution in [2.45, 2.75) is 4.90 Å². The first-order valence-electron chi connectivity index (χ1n) is 4.91. The van der Waals surface area contributed by atoms with Gasteiger partial charge in [0.25, 0.3) is 0 Å². The number of sulfone groups is 1. The molecule has 0 aliphatic heterocycles. The third-order valence-electron chi connectivity index (χ3n) is 2.38. The van der Waals surface area contributed by atoms with E-state index in [1.54, 1.807) is 17.5 Å². The summed E-state index contributed by atoms with van der Waals surface area (Å²) in [6, 6.07) is 7.74. The Bertz CT molecular complexity index is 686. The summed E-state index contributed by atoms with van der Waals surface area (Å²) in [6.45, 7) is 0. The van der Waals surface area contributed by atoms with Crippen LogP contribution in [-0.2, 0) is 9.84 Å². The Morgan fingerprint density at radius 2 is 1.78 bits per heavy atom. The summed E-state index contributed by atoms with van der Waals surface area (Å²) < 4.78 is 22.6. The van der Waals surface area contributed by atoms with Crippen molar-refractivity contribution in [3.63, 3.8) is 0 Å². The van der Waals surface area contributed by atoms with Crippen molar-refractivity contribution in [1.29, 1.82) is 0 Å². The van der Waals surface area contributed by atoms with Crippen molar-refractivity contribution < 1.29 is 13.3 Å². The van der Waals surface area contributed by atoms with E-state index < -0.39 is 14.8 Å². The zero-order valence-corrected chi connectivity index (χ0v) is 11.0. The summed E-state index contributed by atoms with van der Waals surface area (Å²) >= 11 is 1.04. The Labute approximate surface area is 108 Å². The zero-order chi connectivity index (χ0) is 13.3. The molecular formula is C11H9NO4S2. The molecule has 0 aliphatic rings. The van der Waals surface area contributed by atoms with E-state index in [1.807, 2.05) is 0 Å². The molecule has 0 amide bonds. The normalized spacial score (nSPS) is 11.4. The Morgan fingerprint density at radius 3 is 2.22 bits per heavy atom.